The lowest BCUT2D eigenvalue weighted by Gasteiger charge is -2.03. The van der Waals surface area contributed by atoms with E-state index in [1.807, 2.05) is 30.3 Å². The summed E-state index contributed by atoms with van der Waals surface area (Å²) in [6, 6.07) is 9.55. The Balaban J connectivity index is 1.71. The third-order valence-electron chi connectivity index (χ3n) is 2.23. The Bertz CT molecular complexity index is 339. The Morgan fingerprint density at radius 2 is 2.07 bits per heavy atom. The van der Waals surface area contributed by atoms with Gasteiger partial charge in [0.25, 0.3) is 0 Å². The average Bonchev–Trinajstić information content (AvgIpc) is 2.93. The number of hydrogen-bond donors (Lipinski definition) is 1. The highest BCUT2D eigenvalue weighted by Crippen LogP contribution is 2.20. The van der Waals surface area contributed by atoms with Crippen LogP contribution in [-0.4, -0.2) is 18.3 Å². The molecular formula is C11H13NO3. The Kier molecular flexibility index (Phi) is 2.99. The molecule has 0 radical (unpaired) electrons. The predicted molar refractivity (Wildman–Crippen MR) is 53.7 cm³/mol. The molecule has 2 rings (SSSR count). The average molecular weight is 207 g/mol. The summed E-state index contributed by atoms with van der Waals surface area (Å²) >= 11 is 0. The quantitative estimate of drug-likeness (QED) is 0.586. The van der Waals surface area contributed by atoms with Crippen molar-refractivity contribution in [2.45, 2.75) is 25.4 Å². The van der Waals surface area contributed by atoms with Crippen LogP contribution in [0.1, 0.15) is 12.0 Å². The molecule has 0 saturated carbocycles. The van der Waals surface area contributed by atoms with Gasteiger partial charge in [0, 0.05) is 0 Å². The molecule has 80 valence electrons. The van der Waals surface area contributed by atoms with E-state index in [0.29, 0.717) is 6.61 Å². The first kappa shape index (κ1) is 10.1. The van der Waals surface area contributed by atoms with Gasteiger partial charge < -0.3 is 15.2 Å². The molecule has 4 nitrogen and oxygen atoms in total. The normalized spacial score (nSPS) is 23.5. The zero-order valence-electron chi connectivity index (χ0n) is 8.26. The standard InChI is InChI=1S/C11H13NO3/c12-11-9(15-11)6-10(13)14-7-8-4-2-1-3-5-8/h1-5,9,11H,6-7,12H2. The number of esters is 1. The van der Waals surface area contributed by atoms with Gasteiger partial charge in [-0.1, -0.05) is 30.3 Å². The van der Waals surface area contributed by atoms with Crippen molar-refractivity contribution < 1.29 is 14.3 Å². The lowest BCUT2D eigenvalue weighted by atomic mass is 10.2. The third-order valence-corrected chi connectivity index (χ3v) is 2.23. The second-order valence-electron chi connectivity index (χ2n) is 3.49. The summed E-state index contributed by atoms with van der Waals surface area (Å²) in [5.74, 6) is -0.267. The van der Waals surface area contributed by atoms with Crippen molar-refractivity contribution in [2.75, 3.05) is 0 Å². The number of ether oxygens (including phenoxy) is 2. The Morgan fingerprint density at radius 3 is 2.67 bits per heavy atom. The largest absolute Gasteiger partial charge is 0.461 e. The molecule has 4 heteroatoms. The molecule has 2 unspecified atom stereocenters. The number of carbonyl (C=O) groups is 1. The molecule has 0 aliphatic carbocycles. The highest BCUT2D eigenvalue weighted by Gasteiger charge is 2.37. The molecule has 0 amide bonds. The number of benzene rings is 1. The third kappa shape index (κ3) is 3.04. The minimum atomic E-state index is -0.283. The maximum absolute atomic E-state index is 11.3. The first-order valence-corrected chi connectivity index (χ1v) is 4.86. The molecule has 2 N–H and O–H groups in total. The van der Waals surface area contributed by atoms with Crippen LogP contribution in [0.25, 0.3) is 0 Å². The van der Waals surface area contributed by atoms with Gasteiger partial charge in [-0.25, -0.2) is 0 Å². The summed E-state index contributed by atoms with van der Waals surface area (Å²) in [6.45, 7) is 0.307. The molecule has 1 saturated heterocycles. The Labute approximate surface area is 88.0 Å². The van der Waals surface area contributed by atoms with Gasteiger partial charge in [-0.2, -0.15) is 0 Å². The van der Waals surface area contributed by atoms with Crippen molar-refractivity contribution in [1.29, 1.82) is 0 Å². The summed E-state index contributed by atoms with van der Waals surface area (Å²) in [6.07, 6.45) is -0.184. The van der Waals surface area contributed by atoms with Crippen molar-refractivity contribution in [2.24, 2.45) is 5.73 Å². The fourth-order valence-electron chi connectivity index (χ4n) is 1.28. The van der Waals surface area contributed by atoms with Crippen molar-refractivity contribution in [3.05, 3.63) is 35.9 Å². The molecule has 0 aromatic heterocycles. The van der Waals surface area contributed by atoms with Gasteiger partial charge in [-0.05, 0) is 5.56 Å². The fourth-order valence-corrected chi connectivity index (χ4v) is 1.28. The molecular weight excluding hydrogens is 194 g/mol. The smallest absolute Gasteiger partial charge is 0.308 e. The molecule has 1 aliphatic heterocycles. The van der Waals surface area contributed by atoms with E-state index in [1.54, 1.807) is 0 Å². The van der Waals surface area contributed by atoms with E-state index in [9.17, 15) is 4.79 Å². The van der Waals surface area contributed by atoms with Crippen molar-refractivity contribution in [3.63, 3.8) is 0 Å². The Morgan fingerprint density at radius 1 is 1.40 bits per heavy atom. The lowest BCUT2D eigenvalue weighted by Crippen LogP contribution is -2.12. The maximum Gasteiger partial charge on any atom is 0.308 e. The molecule has 0 bridgehead atoms. The zero-order chi connectivity index (χ0) is 10.7. The minimum Gasteiger partial charge on any atom is -0.461 e. The van der Waals surface area contributed by atoms with E-state index >= 15 is 0 Å². The van der Waals surface area contributed by atoms with Gasteiger partial charge in [0.05, 0.1) is 6.42 Å². The monoisotopic (exact) mass is 207 g/mol. The summed E-state index contributed by atoms with van der Waals surface area (Å²) in [5.41, 5.74) is 6.37. The predicted octanol–water partition coefficient (Wildman–Crippen LogP) is 0.803. The van der Waals surface area contributed by atoms with Gasteiger partial charge in [0.1, 0.15) is 18.9 Å². The van der Waals surface area contributed by atoms with Gasteiger partial charge in [-0.3, -0.25) is 4.79 Å². The SMILES string of the molecule is NC1OC1CC(=O)OCc1ccccc1. The number of epoxide rings is 1. The highest BCUT2D eigenvalue weighted by molar-refractivity contribution is 5.70. The number of rotatable bonds is 4. The van der Waals surface area contributed by atoms with Crippen LogP contribution in [0.5, 0.6) is 0 Å². The van der Waals surface area contributed by atoms with Crippen LogP contribution in [0, 0.1) is 0 Å². The molecule has 0 spiro atoms. The number of carbonyl (C=O) groups excluding carboxylic acids is 1. The first-order valence-electron chi connectivity index (χ1n) is 4.86. The summed E-state index contributed by atoms with van der Waals surface area (Å²) in [5, 5.41) is 0. The minimum absolute atomic E-state index is 0.145. The summed E-state index contributed by atoms with van der Waals surface area (Å²) in [7, 11) is 0. The fraction of sp³-hybridized carbons (Fsp3) is 0.364. The zero-order valence-corrected chi connectivity index (χ0v) is 8.26. The molecule has 2 atom stereocenters. The maximum atomic E-state index is 11.3. The molecule has 1 aromatic rings. The van der Waals surface area contributed by atoms with Crippen LogP contribution in [0.4, 0.5) is 0 Å². The van der Waals surface area contributed by atoms with Crippen LogP contribution in [0.15, 0.2) is 30.3 Å². The molecule has 1 aromatic carbocycles. The molecule has 1 fully saturated rings. The van der Waals surface area contributed by atoms with Crippen LogP contribution >= 0.6 is 0 Å². The number of hydrogen-bond acceptors (Lipinski definition) is 4. The van der Waals surface area contributed by atoms with Crippen molar-refractivity contribution in [1.82, 2.24) is 0 Å². The second-order valence-corrected chi connectivity index (χ2v) is 3.49. The van der Waals surface area contributed by atoms with Gasteiger partial charge in [0.2, 0.25) is 0 Å². The van der Waals surface area contributed by atoms with Gasteiger partial charge >= 0.3 is 5.97 Å². The van der Waals surface area contributed by atoms with E-state index in [1.165, 1.54) is 0 Å². The summed E-state index contributed by atoms with van der Waals surface area (Å²) < 4.78 is 9.97. The van der Waals surface area contributed by atoms with E-state index in [4.69, 9.17) is 15.2 Å². The van der Waals surface area contributed by atoms with Gasteiger partial charge in [0.15, 0.2) is 0 Å². The van der Waals surface area contributed by atoms with Crippen molar-refractivity contribution >= 4 is 5.97 Å². The van der Waals surface area contributed by atoms with E-state index in [2.05, 4.69) is 0 Å². The van der Waals surface area contributed by atoms with E-state index in [0.717, 1.165) is 5.56 Å². The number of nitrogens with two attached hydrogens (primary N) is 1. The lowest BCUT2D eigenvalue weighted by molar-refractivity contribution is -0.145. The van der Waals surface area contributed by atoms with Crippen LogP contribution in [0.2, 0.25) is 0 Å². The van der Waals surface area contributed by atoms with E-state index in [-0.39, 0.29) is 24.7 Å². The molecule has 1 aliphatic rings. The topological polar surface area (TPSA) is 64.8 Å². The first-order chi connectivity index (χ1) is 7.25. The van der Waals surface area contributed by atoms with Crippen LogP contribution in [0.3, 0.4) is 0 Å². The highest BCUT2D eigenvalue weighted by atomic mass is 16.6. The van der Waals surface area contributed by atoms with Crippen LogP contribution in [-0.2, 0) is 20.9 Å². The Hall–Kier alpha value is -1.39. The summed E-state index contributed by atoms with van der Waals surface area (Å²) in [4.78, 5) is 11.3. The molecule has 15 heavy (non-hydrogen) atoms. The second kappa shape index (κ2) is 4.42. The molecule has 1 heterocycles. The van der Waals surface area contributed by atoms with Crippen molar-refractivity contribution in [3.8, 4) is 0 Å². The van der Waals surface area contributed by atoms with Crippen LogP contribution < -0.4 is 5.73 Å². The van der Waals surface area contributed by atoms with Gasteiger partial charge in [-0.15, -0.1) is 0 Å². The van der Waals surface area contributed by atoms with E-state index < -0.39 is 0 Å².